The molecular formula is C22H20F3NO4. The summed E-state index contributed by atoms with van der Waals surface area (Å²) in [6.07, 6.45) is -6.11. The molecule has 30 heavy (non-hydrogen) atoms. The van der Waals surface area contributed by atoms with E-state index in [4.69, 9.17) is 0 Å². The van der Waals surface area contributed by atoms with Crippen LogP contribution in [0.5, 0.6) is 0 Å². The Labute approximate surface area is 170 Å². The highest BCUT2D eigenvalue weighted by molar-refractivity contribution is 6.22. The van der Waals surface area contributed by atoms with Gasteiger partial charge < -0.3 is 15.5 Å². The summed E-state index contributed by atoms with van der Waals surface area (Å²) in [5, 5.41) is 23.3. The Bertz CT molecular complexity index is 1010. The van der Waals surface area contributed by atoms with Crippen molar-refractivity contribution in [2.45, 2.75) is 38.1 Å². The number of carbonyl (C=O) groups is 2. The number of hydrogen-bond acceptors (Lipinski definition) is 4. The number of aliphatic hydroxyl groups excluding tert-OH is 1. The van der Waals surface area contributed by atoms with Crippen molar-refractivity contribution in [3.63, 3.8) is 0 Å². The minimum Gasteiger partial charge on any atom is -0.393 e. The van der Waals surface area contributed by atoms with Crippen LogP contribution in [0.3, 0.4) is 0 Å². The second kappa shape index (κ2) is 7.70. The zero-order chi connectivity index (χ0) is 22.3. The van der Waals surface area contributed by atoms with Gasteiger partial charge in [0.05, 0.1) is 22.9 Å². The number of carbonyl (C=O) groups excluding carboxylic acids is 2. The third-order valence-corrected chi connectivity index (χ3v) is 4.91. The van der Waals surface area contributed by atoms with Crippen LogP contribution < -0.4 is 5.32 Å². The van der Waals surface area contributed by atoms with Gasteiger partial charge in [-0.25, -0.2) is 0 Å². The molecule has 3 N–H and O–H groups in total. The Morgan fingerprint density at radius 1 is 1.10 bits per heavy atom. The van der Waals surface area contributed by atoms with Crippen LogP contribution in [0.15, 0.2) is 54.1 Å². The lowest BCUT2D eigenvalue weighted by atomic mass is 9.83. The third kappa shape index (κ3) is 4.01. The molecule has 1 aliphatic rings. The minimum absolute atomic E-state index is 0.0811. The van der Waals surface area contributed by atoms with Crippen LogP contribution in [0, 0.1) is 6.92 Å². The van der Waals surface area contributed by atoms with Gasteiger partial charge in [0, 0.05) is 12.0 Å². The molecule has 5 nitrogen and oxygen atoms in total. The Morgan fingerprint density at radius 3 is 2.17 bits per heavy atom. The second-order valence-electron chi connectivity index (χ2n) is 7.39. The van der Waals surface area contributed by atoms with Crippen molar-refractivity contribution >= 4 is 17.4 Å². The van der Waals surface area contributed by atoms with Crippen LogP contribution in [0.25, 0.3) is 5.70 Å². The van der Waals surface area contributed by atoms with E-state index in [0.717, 1.165) is 29.8 Å². The van der Waals surface area contributed by atoms with Crippen LogP contribution in [0.1, 0.15) is 40.4 Å². The highest BCUT2D eigenvalue weighted by Gasteiger charge is 2.51. The Morgan fingerprint density at radius 2 is 1.67 bits per heavy atom. The van der Waals surface area contributed by atoms with Crippen LogP contribution >= 0.6 is 0 Å². The summed E-state index contributed by atoms with van der Waals surface area (Å²) in [6.45, 7) is 3.18. The molecule has 8 heteroatoms. The number of Topliss-reactive ketones (excluding diaryl/α,β-unsaturated/α-hetero) is 1. The number of amides is 1. The number of rotatable bonds is 5. The molecule has 1 aliphatic heterocycles. The monoisotopic (exact) mass is 419 g/mol. The molecule has 2 atom stereocenters. The van der Waals surface area contributed by atoms with Crippen molar-refractivity contribution in [3.05, 3.63) is 76.4 Å². The summed E-state index contributed by atoms with van der Waals surface area (Å²) >= 11 is 0. The van der Waals surface area contributed by atoms with Gasteiger partial charge in [0.2, 0.25) is 0 Å². The molecular weight excluding hydrogens is 399 g/mol. The van der Waals surface area contributed by atoms with Gasteiger partial charge in [-0.15, -0.1) is 0 Å². The lowest BCUT2D eigenvalue weighted by molar-refractivity contribution is -0.137. The van der Waals surface area contributed by atoms with Gasteiger partial charge in [-0.1, -0.05) is 42.0 Å². The standard InChI is InChI=1S/C22H20F3NO4/c1-12-3-5-15(6-4-12)19(28)17-18(26-20(29)21(17,30)11-13(2)27)14-7-9-16(10-8-14)22(23,24)25/h3-10,13,27,30H,11H2,1-2H3,(H,26,29). The lowest BCUT2D eigenvalue weighted by Gasteiger charge is -2.24. The summed E-state index contributed by atoms with van der Waals surface area (Å²) < 4.78 is 38.6. The maximum atomic E-state index is 13.2. The smallest absolute Gasteiger partial charge is 0.393 e. The van der Waals surface area contributed by atoms with Gasteiger partial charge in [-0.3, -0.25) is 9.59 Å². The molecule has 0 spiro atoms. The van der Waals surface area contributed by atoms with E-state index in [9.17, 15) is 33.0 Å². The molecule has 1 heterocycles. The fourth-order valence-electron chi connectivity index (χ4n) is 3.42. The van der Waals surface area contributed by atoms with E-state index < -0.39 is 41.6 Å². The second-order valence-corrected chi connectivity index (χ2v) is 7.39. The summed E-state index contributed by atoms with van der Waals surface area (Å²) in [7, 11) is 0. The molecule has 158 valence electrons. The van der Waals surface area contributed by atoms with Crippen LogP contribution in [0.2, 0.25) is 0 Å². The number of aryl methyl sites for hydroxylation is 1. The zero-order valence-corrected chi connectivity index (χ0v) is 16.2. The average Bonchev–Trinajstić information content (AvgIpc) is 2.91. The molecule has 0 aliphatic carbocycles. The quantitative estimate of drug-likeness (QED) is 0.650. The zero-order valence-electron chi connectivity index (χ0n) is 16.2. The molecule has 2 aromatic rings. The van der Waals surface area contributed by atoms with Crippen molar-refractivity contribution in [1.29, 1.82) is 0 Å². The number of benzene rings is 2. The van der Waals surface area contributed by atoms with E-state index >= 15 is 0 Å². The Balaban J connectivity index is 2.16. The van der Waals surface area contributed by atoms with Crippen molar-refractivity contribution in [2.24, 2.45) is 0 Å². The van der Waals surface area contributed by atoms with E-state index in [0.29, 0.717) is 0 Å². The number of halogens is 3. The number of hydrogen-bond donors (Lipinski definition) is 3. The molecule has 0 aromatic heterocycles. The van der Waals surface area contributed by atoms with E-state index in [1.165, 1.54) is 19.1 Å². The molecule has 0 fully saturated rings. The van der Waals surface area contributed by atoms with Crippen LogP contribution in [0.4, 0.5) is 13.2 Å². The van der Waals surface area contributed by atoms with Gasteiger partial charge in [-0.05, 0) is 31.5 Å². The lowest BCUT2D eigenvalue weighted by Crippen LogP contribution is -2.45. The molecule has 1 amide bonds. The van der Waals surface area contributed by atoms with Crippen LogP contribution in [-0.2, 0) is 11.0 Å². The first kappa shape index (κ1) is 21.7. The van der Waals surface area contributed by atoms with E-state index in [1.807, 2.05) is 6.92 Å². The number of nitrogens with one attached hydrogen (secondary N) is 1. The SMILES string of the molecule is Cc1ccc(C(=O)C2=C(c3ccc(C(F)(F)F)cc3)NC(=O)C2(O)CC(C)O)cc1. The van der Waals surface area contributed by atoms with Gasteiger partial charge in [-0.2, -0.15) is 13.2 Å². The maximum Gasteiger partial charge on any atom is 0.416 e. The van der Waals surface area contributed by atoms with Gasteiger partial charge >= 0.3 is 6.18 Å². The predicted octanol–water partition coefficient (Wildman–Crippen LogP) is 3.24. The Kier molecular flexibility index (Phi) is 5.58. The first-order chi connectivity index (χ1) is 13.9. The topological polar surface area (TPSA) is 86.6 Å². The Hall–Kier alpha value is -2.97. The van der Waals surface area contributed by atoms with Crippen molar-refractivity contribution in [1.82, 2.24) is 5.32 Å². The van der Waals surface area contributed by atoms with Crippen molar-refractivity contribution in [3.8, 4) is 0 Å². The largest absolute Gasteiger partial charge is 0.416 e. The van der Waals surface area contributed by atoms with Gasteiger partial charge in [0.1, 0.15) is 0 Å². The highest BCUT2D eigenvalue weighted by atomic mass is 19.4. The first-order valence-electron chi connectivity index (χ1n) is 9.19. The van der Waals surface area contributed by atoms with E-state index in [2.05, 4.69) is 5.32 Å². The number of aliphatic hydroxyl groups is 2. The maximum absolute atomic E-state index is 13.2. The van der Waals surface area contributed by atoms with Crippen LogP contribution in [-0.4, -0.2) is 33.6 Å². The molecule has 2 unspecified atom stereocenters. The first-order valence-corrected chi connectivity index (χ1v) is 9.19. The average molecular weight is 419 g/mol. The van der Waals surface area contributed by atoms with Gasteiger partial charge in [0.25, 0.3) is 5.91 Å². The molecule has 0 radical (unpaired) electrons. The molecule has 0 bridgehead atoms. The summed E-state index contributed by atoms with van der Waals surface area (Å²) in [6, 6.07) is 10.3. The van der Waals surface area contributed by atoms with E-state index in [-0.39, 0.29) is 22.4 Å². The molecule has 0 saturated heterocycles. The molecule has 3 rings (SSSR count). The fourth-order valence-corrected chi connectivity index (χ4v) is 3.42. The fraction of sp³-hybridized carbons (Fsp3) is 0.273. The third-order valence-electron chi connectivity index (χ3n) is 4.91. The predicted molar refractivity (Wildman–Crippen MR) is 103 cm³/mol. The number of alkyl halides is 3. The summed E-state index contributed by atoms with van der Waals surface area (Å²) in [4.78, 5) is 25.8. The van der Waals surface area contributed by atoms with Crippen molar-refractivity contribution in [2.75, 3.05) is 0 Å². The highest BCUT2D eigenvalue weighted by Crippen LogP contribution is 2.38. The van der Waals surface area contributed by atoms with Crippen molar-refractivity contribution < 1.29 is 33.0 Å². The minimum atomic E-state index is -4.54. The summed E-state index contributed by atoms with van der Waals surface area (Å²) in [5.41, 5.74) is -2.38. The summed E-state index contributed by atoms with van der Waals surface area (Å²) in [5.74, 6) is -1.58. The normalized spacial score (nSPS) is 20.3. The number of ketones is 1. The van der Waals surface area contributed by atoms with Gasteiger partial charge in [0.15, 0.2) is 11.4 Å². The van der Waals surface area contributed by atoms with E-state index in [1.54, 1.807) is 12.1 Å². The molecule has 0 saturated carbocycles. The molecule has 2 aromatic carbocycles.